The van der Waals surface area contributed by atoms with Crippen LogP contribution in [0.3, 0.4) is 0 Å². The topological polar surface area (TPSA) is 72.2 Å². The van der Waals surface area contributed by atoms with Crippen LogP contribution in [-0.2, 0) is 0 Å². The van der Waals surface area contributed by atoms with Crippen LogP contribution in [0.1, 0.15) is 10.4 Å². The number of nitrogens with one attached hydrogen (secondary N) is 1. The van der Waals surface area contributed by atoms with Gasteiger partial charge in [0.25, 0.3) is 11.6 Å². The maximum Gasteiger partial charge on any atom is 0.270 e. The molecule has 0 bridgehead atoms. The number of carbonyl (C=O) groups is 1. The Bertz CT molecular complexity index is 717. The molecule has 108 valence electrons. The third-order valence-electron chi connectivity index (χ3n) is 2.61. The summed E-state index contributed by atoms with van der Waals surface area (Å²) in [7, 11) is 0. The minimum absolute atomic E-state index is 0.173. The molecule has 2 rings (SSSR count). The first-order valence-electron chi connectivity index (χ1n) is 5.59. The van der Waals surface area contributed by atoms with Crippen LogP contribution >= 0.6 is 15.9 Å². The van der Waals surface area contributed by atoms with Crippen molar-refractivity contribution in [3.8, 4) is 0 Å². The standard InChI is InChI=1S/C13H7BrF2N2O3/c14-9-2-1-3-11(16)12(9)17-13(19)8-6-7(18(20)21)4-5-10(8)15/h1-6H,(H,17,19). The molecule has 2 aromatic carbocycles. The van der Waals surface area contributed by atoms with Gasteiger partial charge in [-0.2, -0.15) is 0 Å². The zero-order valence-corrected chi connectivity index (χ0v) is 11.9. The molecule has 0 fully saturated rings. The van der Waals surface area contributed by atoms with Crippen molar-refractivity contribution in [3.63, 3.8) is 0 Å². The van der Waals surface area contributed by atoms with Crippen molar-refractivity contribution >= 4 is 33.2 Å². The molecule has 5 nitrogen and oxygen atoms in total. The van der Waals surface area contributed by atoms with Crippen LogP contribution in [0.25, 0.3) is 0 Å². The van der Waals surface area contributed by atoms with Gasteiger partial charge >= 0.3 is 0 Å². The van der Waals surface area contributed by atoms with E-state index < -0.39 is 33.7 Å². The quantitative estimate of drug-likeness (QED) is 0.669. The fourth-order valence-corrected chi connectivity index (χ4v) is 2.04. The highest BCUT2D eigenvalue weighted by Gasteiger charge is 2.19. The van der Waals surface area contributed by atoms with Crippen LogP contribution in [0.4, 0.5) is 20.2 Å². The van der Waals surface area contributed by atoms with Crippen molar-refractivity contribution in [3.05, 3.63) is 68.2 Å². The van der Waals surface area contributed by atoms with Crippen LogP contribution in [-0.4, -0.2) is 10.8 Å². The maximum atomic E-state index is 13.6. The Morgan fingerprint density at radius 3 is 2.52 bits per heavy atom. The summed E-state index contributed by atoms with van der Waals surface area (Å²) in [6.45, 7) is 0. The number of halogens is 3. The number of rotatable bonds is 3. The Kier molecular flexibility index (Phi) is 4.27. The number of benzene rings is 2. The molecule has 0 spiro atoms. The highest BCUT2D eigenvalue weighted by Crippen LogP contribution is 2.26. The van der Waals surface area contributed by atoms with Gasteiger partial charge in [0.1, 0.15) is 11.6 Å². The van der Waals surface area contributed by atoms with E-state index in [9.17, 15) is 23.7 Å². The molecular weight excluding hydrogens is 350 g/mol. The van der Waals surface area contributed by atoms with Gasteiger partial charge in [-0.25, -0.2) is 8.78 Å². The summed E-state index contributed by atoms with van der Waals surface area (Å²) in [6, 6.07) is 6.56. The number of para-hydroxylation sites is 1. The Morgan fingerprint density at radius 1 is 1.19 bits per heavy atom. The van der Waals surface area contributed by atoms with E-state index >= 15 is 0 Å². The van der Waals surface area contributed by atoms with Gasteiger partial charge in [0.15, 0.2) is 0 Å². The average Bonchev–Trinajstić information content (AvgIpc) is 2.43. The number of amides is 1. The molecule has 1 N–H and O–H groups in total. The number of hydrogen-bond donors (Lipinski definition) is 1. The van der Waals surface area contributed by atoms with Crippen LogP contribution < -0.4 is 5.32 Å². The lowest BCUT2D eigenvalue weighted by Crippen LogP contribution is -2.15. The molecule has 8 heteroatoms. The van der Waals surface area contributed by atoms with Gasteiger partial charge in [-0.1, -0.05) is 6.07 Å². The Hall–Kier alpha value is -2.35. The van der Waals surface area contributed by atoms with Crippen molar-refractivity contribution in [2.24, 2.45) is 0 Å². The second-order valence-electron chi connectivity index (χ2n) is 3.97. The van der Waals surface area contributed by atoms with E-state index in [-0.39, 0.29) is 10.2 Å². The number of non-ortho nitro benzene ring substituents is 1. The van der Waals surface area contributed by atoms with Crippen LogP contribution in [0.15, 0.2) is 40.9 Å². The van der Waals surface area contributed by atoms with Crippen molar-refractivity contribution in [2.45, 2.75) is 0 Å². The fraction of sp³-hybridized carbons (Fsp3) is 0. The predicted molar refractivity (Wildman–Crippen MR) is 75.1 cm³/mol. The predicted octanol–water partition coefficient (Wildman–Crippen LogP) is 3.89. The Morgan fingerprint density at radius 2 is 1.90 bits per heavy atom. The third-order valence-corrected chi connectivity index (χ3v) is 3.27. The molecule has 1 amide bonds. The third kappa shape index (κ3) is 3.22. The molecule has 0 saturated carbocycles. The molecule has 21 heavy (non-hydrogen) atoms. The number of anilines is 1. The lowest BCUT2D eigenvalue weighted by Gasteiger charge is -2.09. The van der Waals surface area contributed by atoms with E-state index in [1.807, 2.05) is 0 Å². The normalized spacial score (nSPS) is 10.2. The van der Waals surface area contributed by atoms with Crippen LogP contribution in [0, 0.1) is 21.7 Å². The highest BCUT2D eigenvalue weighted by atomic mass is 79.9. The minimum Gasteiger partial charge on any atom is -0.318 e. The smallest absolute Gasteiger partial charge is 0.270 e. The molecule has 0 aliphatic carbocycles. The molecule has 0 radical (unpaired) electrons. The monoisotopic (exact) mass is 356 g/mol. The fourth-order valence-electron chi connectivity index (χ4n) is 1.60. The first-order valence-corrected chi connectivity index (χ1v) is 6.38. The van der Waals surface area contributed by atoms with Crippen LogP contribution in [0.5, 0.6) is 0 Å². The number of nitrogens with zero attached hydrogens (tertiary/aromatic N) is 1. The molecule has 0 unspecified atom stereocenters. The molecule has 0 heterocycles. The van der Waals surface area contributed by atoms with Crippen molar-refractivity contribution < 1.29 is 18.5 Å². The van der Waals surface area contributed by atoms with E-state index in [1.165, 1.54) is 12.1 Å². The summed E-state index contributed by atoms with van der Waals surface area (Å²) in [5, 5.41) is 12.8. The summed E-state index contributed by atoms with van der Waals surface area (Å²) < 4.78 is 27.5. The van der Waals surface area contributed by atoms with Gasteiger partial charge in [0.2, 0.25) is 0 Å². The van der Waals surface area contributed by atoms with Crippen LogP contribution in [0.2, 0.25) is 0 Å². The minimum atomic E-state index is -0.984. The molecule has 0 aliphatic rings. The number of hydrogen-bond acceptors (Lipinski definition) is 3. The first-order chi connectivity index (χ1) is 9.90. The van der Waals surface area contributed by atoms with E-state index in [0.717, 1.165) is 24.3 Å². The van der Waals surface area contributed by atoms with E-state index in [4.69, 9.17) is 0 Å². The van der Waals surface area contributed by atoms with Gasteiger partial charge in [-0.05, 0) is 34.1 Å². The highest BCUT2D eigenvalue weighted by molar-refractivity contribution is 9.10. The first kappa shape index (κ1) is 15.0. The second kappa shape index (κ2) is 5.96. The molecule has 0 aromatic heterocycles. The zero-order chi connectivity index (χ0) is 15.6. The summed E-state index contributed by atoms with van der Waals surface area (Å²) in [4.78, 5) is 21.8. The molecule has 0 aliphatic heterocycles. The van der Waals surface area contributed by atoms with Gasteiger partial charge in [0, 0.05) is 16.6 Å². The maximum absolute atomic E-state index is 13.6. The van der Waals surface area contributed by atoms with E-state index in [1.54, 1.807) is 0 Å². The number of carbonyl (C=O) groups excluding carboxylic acids is 1. The largest absolute Gasteiger partial charge is 0.318 e. The molecule has 2 aromatic rings. The SMILES string of the molecule is O=C(Nc1c(F)cccc1Br)c1cc([N+](=O)[O-])ccc1F. The van der Waals surface area contributed by atoms with Gasteiger partial charge < -0.3 is 5.32 Å². The zero-order valence-electron chi connectivity index (χ0n) is 10.3. The Labute approximate surface area is 125 Å². The Balaban J connectivity index is 2.37. The van der Waals surface area contributed by atoms with E-state index in [0.29, 0.717) is 0 Å². The summed E-state index contributed by atoms with van der Waals surface area (Å²) in [5.74, 6) is -2.64. The van der Waals surface area contributed by atoms with Gasteiger partial charge in [-0.3, -0.25) is 14.9 Å². The van der Waals surface area contributed by atoms with Gasteiger partial charge in [-0.15, -0.1) is 0 Å². The lowest BCUT2D eigenvalue weighted by atomic mass is 10.1. The summed E-state index contributed by atoms with van der Waals surface area (Å²) >= 11 is 3.05. The number of nitro groups is 1. The molecular formula is C13H7BrF2N2O3. The van der Waals surface area contributed by atoms with Crippen molar-refractivity contribution in [1.29, 1.82) is 0 Å². The lowest BCUT2D eigenvalue weighted by molar-refractivity contribution is -0.384. The molecule has 0 saturated heterocycles. The van der Waals surface area contributed by atoms with Gasteiger partial charge in [0.05, 0.1) is 16.2 Å². The van der Waals surface area contributed by atoms with E-state index in [2.05, 4.69) is 21.2 Å². The summed E-state index contributed by atoms with van der Waals surface area (Å²) in [5.41, 5.74) is -1.15. The van der Waals surface area contributed by atoms with Crippen molar-refractivity contribution in [1.82, 2.24) is 0 Å². The van der Waals surface area contributed by atoms with Crippen molar-refractivity contribution in [2.75, 3.05) is 5.32 Å². The number of nitro benzene ring substituents is 1. The molecule has 0 atom stereocenters. The second-order valence-corrected chi connectivity index (χ2v) is 4.83. The average molecular weight is 357 g/mol. The summed E-state index contributed by atoms with van der Waals surface area (Å²) in [6.07, 6.45) is 0.